The van der Waals surface area contributed by atoms with Crippen LogP contribution in [0.1, 0.15) is 45.0 Å². The molecule has 520 valence electrons. The minimum atomic E-state index is 0.781. The van der Waals surface area contributed by atoms with E-state index in [4.69, 9.17) is 0 Å². The number of nitrogens with zero attached hydrogens (tertiary/aromatic N) is 7. The number of aryl methyl sites for hydroxylation is 8. The predicted octanol–water partition coefficient (Wildman–Crippen LogP) is 25.7. The molecule has 0 saturated heterocycles. The number of fused-ring (bicyclic) bond motifs is 2. The Bertz CT molecular complexity index is 5160. The molecule has 7 nitrogen and oxygen atoms in total. The van der Waals surface area contributed by atoms with E-state index in [1.807, 2.05) is 180 Å². The Morgan fingerprint density at radius 2 is 0.642 bits per heavy atom. The summed E-state index contributed by atoms with van der Waals surface area (Å²) < 4.78 is 0. The van der Waals surface area contributed by atoms with Gasteiger partial charge in [-0.15, -0.1) is 0 Å². The Morgan fingerprint density at radius 1 is 0.198 bits per heavy atom. The largest absolute Gasteiger partial charge is 0.265 e. The molecule has 17 rings (SSSR count). The van der Waals surface area contributed by atoms with E-state index in [0.29, 0.717) is 0 Å². The van der Waals surface area contributed by atoms with Crippen molar-refractivity contribution in [1.29, 1.82) is 0 Å². The van der Waals surface area contributed by atoms with Crippen LogP contribution in [0.3, 0.4) is 0 Å². The number of benzene rings is 11. The third kappa shape index (κ3) is 24.2. The van der Waals surface area contributed by atoms with Crippen LogP contribution in [0.2, 0.25) is 0 Å². The van der Waals surface area contributed by atoms with Gasteiger partial charge in [-0.2, -0.15) is 0 Å². The Morgan fingerprint density at radius 3 is 1.20 bits per heavy atom. The SMILES string of the molecule is Cc1cc(-c2ccncc2)ccn1.Cc1ccc(-c2ccccc2)cn1.Cc1ccc(-c2ccccc2)nc1.Cc1ccc(-c2ccccn2)cc1.Cc1ccc2ccccc2c1.Cc1cccc2ccccc12.Cc1ccccc1.Cc1nc(-c2ccccc2)cc(-c2ccc(-c3ccccc3)cc2)n1. The van der Waals surface area contributed by atoms with E-state index in [-0.39, 0.29) is 0 Å². The summed E-state index contributed by atoms with van der Waals surface area (Å²) in [5.74, 6) is 0.781. The smallest absolute Gasteiger partial charge is 0.126 e. The maximum atomic E-state index is 4.62. The van der Waals surface area contributed by atoms with Crippen molar-refractivity contribution in [2.45, 2.75) is 55.4 Å². The summed E-state index contributed by atoms with van der Waals surface area (Å²) in [6.45, 7) is 16.4. The number of hydrogen-bond acceptors (Lipinski definition) is 7. The fraction of sp³-hybridized carbons (Fsp3) is 0.0808. The number of pyridine rings is 5. The summed E-state index contributed by atoms with van der Waals surface area (Å²) in [7, 11) is 0. The van der Waals surface area contributed by atoms with Crippen molar-refractivity contribution in [3.8, 4) is 78.4 Å². The molecule has 0 N–H and O–H groups in total. The molecule has 6 heterocycles. The highest BCUT2D eigenvalue weighted by atomic mass is 14.9. The first kappa shape index (κ1) is 75.4. The van der Waals surface area contributed by atoms with Crippen LogP contribution in [-0.2, 0) is 0 Å². The molecule has 106 heavy (non-hydrogen) atoms. The molecule has 17 aromatic rings. The van der Waals surface area contributed by atoms with Crippen LogP contribution in [0.5, 0.6) is 0 Å². The molecule has 0 atom stereocenters. The minimum absolute atomic E-state index is 0.781. The summed E-state index contributed by atoms with van der Waals surface area (Å²) in [5, 5.41) is 5.33. The lowest BCUT2D eigenvalue weighted by atomic mass is 10.0. The van der Waals surface area contributed by atoms with Crippen molar-refractivity contribution in [3.05, 3.63) is 440 Å². The summed E-state index contributed by atoms with van der Waals surface area (Å²) in [5.41, 5.74) is 24.3. The van der Waals surface area contributed by atoms with Crippen LogP contribution in [-0.4, -0.2) is 34.9 Å². The third-order valence-electron chi connectivity index (χ3n) is 17.0. The molecular formula is C99H89N7. The summed E-state index contributed by atoms with van der Waals surface area (Å²) in [4.78, 5) is 30.2. The molecule has 0 saturated carbocycles. The van der Waals surface area contributed by atoms with Crippen LogP contribution in [0, 0.1) is 55.4 Å². The lowest BCUT2D eigenvalue weighted by molar-refractivity contribution is 1.06. The van der Waals surface area contributed by atoms with Gasteiger partial charge in [0.25, 0.3) is 0 Å². The monoisotopic (exact) mass is 1380 g/mol. The van der Waals surface area contributed by atoms with Gasteiger partial charge < -0.3 is 0 Å². The van der Waals surface area contributed by atoms with E-state index in [2.05, 4.69) is 293 Å². The van der Waals surface area contributed by atoms with Crippen molar-refractivity contribution in [2.24, 2.45) is 0 Å². The third-order valence-corrected chi connectivity index (χ3v) is 17.0. The number of aromatic nitrogens is 7. The van der Waals surface area contributed by atoms with Crippen molar-refractivity contribution >= 4 is 21.5 Å². The van der Waals surface area contributed by atoms with E-state index >= 15 is 0 Å². The lowest BCUT2D eigenvalue weighted by Crippen LogP contribution is -1.94. The molecule has 0 radical (unpaired) electrons. The summed E-state index contributed by atoms with van der Waals surface area (Å²) in [6, 6.07) is 122. The van der Waals surface area contributed by atoms with Crippen LogP contribution in [0.15, 0.2) is 395 Å². The molecule has 0 amide bonds. The van der Waals surface area contributed by atoms with E-state index in [1.54, 1.807) is 12.4 Å². The van der Waals surface area contributed by atoms with Crippen LogP contribution >= 0.6 is 0 Å². The Kier molecular flexibility index (Phi) is 28.8. The highest BCUT2D eigenvalue weighted by molar-refractivity contribution is 5.85. The molecule has 0 fully saturated rings. The standard InChI is InChI=1S/C23H18N2.3C12H11N.C11H10N2.2C11H10.C7H8/c1-17-24-22(20-10-6-3-7-11-20)16-23(25-17)21-14-12-19(13-15-21)18-8-4-2-5-9-18;1-10-5-7-11(8-6-10)12-4-2-3-9-13-12;1-10-7-8-12(9-13-10)11-5-3-2-4-6-11;1-10-7-8-12(13-9-10)11-5-3-2-4-6-11;1-9-8-11(4-7-13-9)10-2-5-12-6-3-10;1-9-5-4-7-10-6-2-3-8-11(9)10;1-9-6-7-10-4-2-3-5-11(10)8-9;1-7-5-3-2-4-6-7/h2-16H,1H3;3*2-9H,1H3;2-8H,1H3;2*2-8H,1H3;2-6H,1H3. The molecule has 7 heteroatoms. The highest BCUT2D eigenvalue weighted by Crippen LogP contribution is 2.28. The van der Waals surface area contributed by atoms with Crippen LogP contribution in [0.4, 0.5) is 0 Å². The quantitative estimate of drug-likeness (QED) is 0.157. The molecule has 6 aromatic heterocycles. The van der Waals surface area contributed by atoms with Gasteiger partial charge in [-0.3, -0.25) is 24.9 Å². The van der Waals surface area contributed by atoms with E-state index in [0.717, 1.165) is 51.1 Å². The van der Waals surface area contributed by atoms with Gasteiger partial charge in [-0.25, -0.2) is 9.97 Å². The average Bonchev–Trinajstić information content (AvgIpc) is 0.821. The molecule has 0 aliphatic heterocycles. The van der Waals surface area contributed by atoms with Crippen molar-refractivity contribution in [1.82, 2.24) is 34.9 Å². The van der Waals surface area contributed by atoms with E-state index < -0.39 is 0 Å². The number of hydrogen-bond donors (Lipinski definition) is 0. The van der Waals surface area contributed by atoms with E-state index in [1.165, 1.54) is 93.9 Å². The first-order valence-electron chi connectivity index (χ1n) is 35.6. The molecule has 0 bridgehead atoms. The van der Waals surface area contributed by atoms with E-state index in [9.17, 15) is 0 Å². The van der Waals surface area contributed by atoms with Crippen LogP contribution < -0.4 is 0 Å². The number of rotatable bonds is 7. The second kappa shape index (κ2) is 40.4. The highest BCUT2D eigenvalue weighted by Gasteiger charge is 2.08. The zero-order chi connectivity index (χ0) is 73.9. The molecule has 0 spiro atoms. The second-order valence-electron chi connectivity index (χ2n) is 25.4. The minimum Gasteiger partial charge on any atom is -0.265 e. The van der Waals surface area contributed by atoms with Gasteiger partial charge in [0.05, 0.1) is 22.8 Å². The van der Waals surface area contributed by atoms with Gasteiger partial charge in [-0.1, -0.05) is 320 Å². The van der Waals surface area contributed by atoms with Gasteiger partial charge in [0.15, 0.2) is 0 Å². The molecule has 0 aliphatic carbocycles. The molecule has 0 unspecified atom stereocenters. The molecule has 0 aliphatic rings. The molecule has 11 aromatic carbocycles. The topological polar surface area (TPSA) is 90.2 Å². The summed E-state index contributed by atoms with van der Waals surface area (Å²) >= 11 is 0. The Labute approximate surface area is 626 Å². The molecular weight excluding hydrogens is 1290 g/mol. The van der Waals surface area contributed by atoms with Gasteiger partial charge in [0.2, 0.25) is 0 Å². The van der Waals surface area contributed by atoms with Crippen molar-refractivity contribution in [2.75, 3.05) is 0 Å². The van der Waals surface area contributed by atoms with Gasteiger partial charge in [0.1, 0.15) is 5.82 Å². The zero-order valence-corrected chi connectivity index (χ0v) is 61.7. The first-order valence-corrected chi connectivity index (χ1v) is 35.6. The Balaban J connectivity index is 0.000000133. The fourth-order valence-electron chi connectivity index (χ4n) is 11.2. The maximum absolute atomic E-state index is 4.62. The summed E-state index contributed by atoms with van der Waals surface area (Å²) in [6.07, 6.45) is 11.0. The fourth-order valence-corrected chi connectivity index (χ4v) is 11.2. The normalized spacial score (nSPS) is 10.1. The Hall–Kier alpha value is -13.2. The van der Waals surface area contributed by atoms with Gasteiger partial charge in [0, 0.05) is 76.4 Å². The maximum Gasteiger partial charge on any atom is 0.126 e. The van der Waals surface area contributed by atoms with Crippen molar-refractivity contribution < 1.29 is 0 Å². The van der Waals surface area contributed by atoms with Crippen LogP contribution in [0.25, 0.3) is 100.0 Å². The predicted molar refractivity (Wildman–Crippen MR) is 447 cm³/mol. The van der Waals surface area contributed by atoms with Gasteiger partial charge >= 0.3 is 0 Å². The zero-order valence-electron chi connectivity index (χ0n) is 61.7. The lowest BCUT2D eigenvalue weighted by Gasteiger charge is -2.08. The average molecular weight is 1380 g/mol. The van der Waals surface area contributed by atoms with Crippen molar-refractivity contribution in [3.63, 3.8) is 0 Å². The second-order valence-corrected chi connectivity index (χ2v) is 25.4. The van der Waals surface area contributed by atoms with Gasteiger partial charge in [-0.05, 0) is 170 Å². The first-order chi connectivity index (χ1) is 51.9.